The van der Waals surface area contributed by atoms with Crippen molar-refractivity contribution in [3.8, 4) is 17.6 Å². The molecule has 1 atom stereocenters. The van der Waals surface area contributed by atoms with E-state index in [9.17, 15) is 5.26 Å². The summed E-state index contributed by atoms with van der Waals surface area (Å²) in [6, 6.07) is 17.1. The molecule has 1 aliphatic rings. The molecule has 2 aromatic carbocycles. The number of fused-ring (bicyclic) bond motifs is 1. The fourth-order valence-corrected chi connectivity index (χ4v) is 3.07. The standard InChI is InChI=1S/C20H18N6O2/c1-27-16-8-7-14(9-17(16)28-11-13-5-3-2-4-6-13)18-15(10-21)19(22)26-20(25-18)23-12-24-26/h2-9,12,18H,11,22H2,1H3,(H,23,24,25). The summed E-state index contributed by atoms with van der Waals surface area (Å²) in [5.74, 6) is 1.91. The van der Waals surface area contributed by atoms with Gasteiger partial charge in [-0.05, 0) is 23.3 Å². The lowest BCUT2D eigenvalue weighted by molar-refractivity contribution is 0.284. The molecular formula is C20H18N6O2. The summed E-state index contributed by atoms with van der Waals surface area (Å²) in [6.07, 6.45) is 1.38. The van der Waals surface area contributed by atoms with Gasteiger partial charge in [0.05, 0.1) is 18.7 Å². The van der Waals surface area contributed by atoms with Gasteiger partial charge in [-0.1, -0.05) is 36.4 Å². The highest BCUT2D eigenvalue weighted by molar-refractivity contribution is 5.65. The number of nitriles is 1. The van der Waals surface area contributed by atoms with Gasteiger partial charge in [-0.2, -0.15) is 20.0 Å². The molecule has 0 fully saturated rings. The fraction of sp³-hybridized carbons (Fsp3) is 0.150. The van der Waals surface area contributed by atoms with E-state index >= 15 is 0 Å². The number of nitrogens with zero attached hydrogens (tertiary/aromatic N) is 4. The molecule has 0 aliphatic carbocycles. The molecule has 1 aromatic heterocycles. The van der Waals surface area contributed by atoms with E-state index in [2.05, 4.69) is 21.5 Å². The Bertz CT molecular complexity index is 1070. The van der Waals surface area contributed by atoms with Gasteiger partial charge in [0.2, 0.25) is 5.95 Å². The van der Waals surface area contributed by atoms with Crippen molar-refractivity contribution in [1.29, 1.82) is 5.26 Å². The number of rotatable bonds is 5. The zero-order chi connectivity index (χ0) is 19.5. The lowest BCUT2D eigenvalue weighted by atomic mass is 9.98. The Hall–Kier alpha value is -3.99. The molecule has 8 nitrogen and oxygen atoms in total. The minimum Gasteiger partial charge on any atom is -0.493 e. The third-order valence-electron chi connectivity index (χ3n) is 4.49. The lowest BCUT2D eigenvalue weighted by Crippen LogP contribution is -2.27. The van der Waals surface area contributed by atoms with Gasteiger partial charge >= 0.3 is 0 Å². The minimum atomic E-state index is -0.466. The molecule has 1 unspecified atom stereocenters. The van der Waals surface area contributed by atoms with E-state index in [4.69, 9.17) is 15.2 Å². The van der Waals surface area contributed by atoms with Crippen molar-refractivity contribution >= 4 is 11.8 Å². The number of ether oxygens (including phenoxy) is 2. The highest BCUT2D eigenvalue weighted by atomic mass is 16.5. The van der Waals surface area contributed by atoms with Gasteiger partial charge in [-0.3, -0.25) is 0 Å². The Morgan fingerprint density at radius 1 is 1.21 bits per heavy atom. The van der Waals surface area contributed by atoms with Crippen molar-refractivity contribution in [1.82, 2.24) is 14.8 Å². The Kier molecular flexibility index (Phi) is 4.56. The quantitative estimate of drug-likeness (QED) is 0.706. The Morgan fingerprint density at radius 3 is 2.79 bits per heavy atom. The van der Waals surface area contributed by atoms with Gasteiger partial charge in [0.15, 0.2) is 11.5 Å². The van der Waals surface area contributed by atoms with Gasteiger partial charge in [0.1, 0.15) is 24.8 Å². The van der Waals surface area contributed by atoms with Crippen LogP contribution in [-0.4, -0.2) is 21.9 Å². The highest BCUT2D eigenvalue weighted by Gasteiger charge is 2.29. The van der Waals surface area contributed by atoms with Crippen molar-refractivity contribution < 1.29 is 9.47 Å². The summed E-state index contributed by atoms with van der Waals surface area (Å²) in [6.45, 7) is 0.399. The van der Waals surface area contributed by atoms with E-state index < -0.39 is 6.04 Å². The topological polar surface area (TPSA) is 111 Å². The van der Waals surface area contributed by atoms with Crippen LogP contribution in [0, 0.1) is 11.3 Å². The molecule has 3 N–H and O–H groups in total. The second-order valence-electron chi connectivity index (χ2n) is 6.17. The average Bonchev–Trinajstić information content (AvgIpc) is 3.22. The molecule has 140 valence electrons. The average molecular weight is 374 g/mol. The molecular weight excluding hydrogens is 356 g/mol. The van der Waals surface area contributed by atoms with Crippen molar-refractivity contribution in [2.24, 2.45) is 5.73 Å². The summed E-state index contributed by atoms with van der Waals surface area (Å²) in [5, 5.41) is 16.9. The van der Waals surface area contributed by atoms with E-state index in [1.54, 1.807) is 7.11 Å². The molecule has 0 saturated carbocycles. The second-order valence-corrected chi connectivity index (χ2v) is 6.17. The summed E-state index contributed by atoms with van der Waals surface area (Å²) >= 11 is 0. The van der Waals surface area contributed by atoms with E-state index in [1.807, 2.05) is 48.5 Å². The second kappa shape index (κ2) is 7.32. The number of benzene rings is 2. The SMILES string of the molecule is COc1ccc(C2Nc3ncnn3C(N)=C2C#N)cc1OCc1ccccc1. The van der Waals surface area contributed by atoms with Gasteiger partial charge < -0.3 is 20.5 Å². The first-order chi connectivity index (χ1) is 13.7. The van der Waals surface area contributed by atoms with Crippen LogP contribution in [0.3, 0.4) is 0 Å². The third kappa shape index (κ3) is 3.10. The van der Waals surface area contributed by atoms with Crippen molar-refractivity contribution in [2.75, 3.05) is 12.4 Å². The molecule has 0 saturated heterocycles. The first-order valence-corrected chi connectivity index (χ1v) is 8.62. The zero-order valence-corrected chi connectivity index (χ0v) is 15.2. The number of hydrogen-bond acceptors (Lipinski definition) is 7. The maximum Gasteiger partial charge on any atom is 0.228 e. The first kappa shape index (κ1) is 17.4. The predicted molar refractivity (Wildman–Crippen MR) is 103 cm³/mol. The maximum atomic E-state index is 9.63. The first-order valence-electron chi connectivity index (χ1n) is 8.62. The van der Waals surface area contributed by atoms with Crippen LogP contribution in [0.1, 0.15) is 17.2 Å². The number of aromatic nitrogens is 3. The molecule has 28 heavy (non-hydrogen) atoms. The van der Waals surface area contributed by atoms with Crippen LogP contribution in [-0.2, 0) is 6.61 Å². The highest BCUT2D eigenvalue weighted by Crippen LogP contribution is 2.37. The van der Waals surface area contributed by atoms with Gasteiger partial charge in [-0.15, -0.1) is 0 Å². The van der Waals surface area contributed by atoms with Crippen LogP contribution >= 0.6 is 0 Å². The smallest absolute Gasteiger partial charge is 0.228 e. The predicted octanol–water partition coefficient (Wildman–Crippen LogP) is 2.68. The van der Waals surface area contributed by atoms with Crippen molar-refractivity contribution in [3.05, 3.63) is 71.6 Å². The van der Waals surface area contributed by atoms with Crippen LogP contribution in [0.2, 0.25) is 0 Å². The molecule has 0 radical (unpaired) electrons. The molecule has 0 spiro atoms. The number of hydrogen-bond donors (Lipinski definition) is 2. The Morgan fingerprint density at radius 2 is 2.04 bits per heavy atom. The number of nitrogens with two attached hydrogens (primary N) is 1. The largest absolute Gasteiger partial charge is 0.493 e. The van der Waals surface area contributed by atoms with Crippen LogP contribution in [0.15, 0.2) is 60.4 Å². The summed E-state index contributed by atoms with van der Waals surface area (Å²) < 4.78 is 12.8. The lowest BCUT2D eigenvalue weighted by Gasteiger charge is -2.26. The van der Waals surface area contributed by atoms with E-state index in [0.29, 0.717) is 29.6 Å². The zero-order valence-electron chi connectivity index (χ0n) is 15.2. The van der Waals surface area contributed by atoms with Crippen LogP contribution in [0.4, 0.5) is 5.95 Å². The van der Waals surface area contributed by atoms with Crippen LogP contribution in [0.5, 0.6) is 11.5 Å². The fourth-order valence-electron chi connectivity index (χ4n) is 3.07. The molecule has 0 amide bonds. The number of methoxy groups -OCH3 is 1. The van der Waals surface area contributed by atoms with E-state index in [1.165, 1.54) is 11.0 Å². The molecule has 0 bridgehead atoms. The summed E-state index contributed by atoms with van der Waals surface area (Å²) in [7, 11) is 1.59. The van der Waals surface area contributed by atoms with Crippen LogP contribution in [0.25, 0.3) is 5.82 Å². The molecule has 8 heteroatoms. The van der Waals surface area contributed by atoms with Crippen LogP contribution < -0.4 is 20.5 Å². The van der Waals surface area contributed by atoms with Crippen molar-refractivity contribution in [3.63, 3.8) is 0 Å². The van der Waals surface area contributed by atoms with E-state index in [0.717, 1.165) is 11.1 Å². The third-order valence-corrected chi connectivity index (χ3v) is 4.49. The van der Waals surface area contributed by atoms with Crippen molar-refractivity contribution in [2.45, 2.75) is 12.6 Å². The van der Waals surface area contributed by atoms with Gasteiger partial charge in [0.25, 0.3) is 0 Å². The maximum absolute atomic E-state index is 9.63. The molecule has 2 heterocycles. The Labute approximate surface area is 161 Å². The summed E-state index contributed by atoms with van der Waals surface area (Å²) in [5.41, 5.74) is 8.33. The van der Waals surface area contributed by atoms with Gasteiger partial charge in [-0.25, -0.2) is 0 Å². The summed E-state index contributed by atoms with van der Waals surface area (Å²) in [4.78, 5) is 4.15. The normalized spacial score (nSPS) is 15.4. The number of anilines is 1. The molecule has 3 aromatic rings. The Balaban J connectivity index is 1.67. The van der Waals surface area contributed by atoms with E-state index in [-0.39, 0.29) is 5.82 Å². The van der Waals surface area contributed by atoms with Gasteiger partial charge in [0, 0.05) is 0 Å². The molecule has 4 rings (SSSR count). The monoisotopic (exact) mass is 374 g/mol. The number of nitrogens with one attached hydrogen (secondary N) is 1. The minimum absolute atomic E-state index is 0.251. The molecule has 1 aliphatic heterocycles.